The summed E-state index contributed by atoms with van der Waals surface area (Å²) in [7, 11) is -4.02. The van der Waals surface area contributed by atoms with Crippen LogP contribution in [0.5, 0.6) is 5.75 Å². The number of anilines is 2. The van der Waals surface area contributed by atoms with Gasteiger partial charge in [0.05, 0.1) is 17.2 Å². The van der Waals surface area contributed by atoms with Crippen LogP contribution in [-0.4, -0.2) is 32.0 Å². The van der Waals surface area contributed by atoms with E-state index in [1.807, 2.05) is 44.2 Å². The van der Waals surface area contributed by atoms with Crippen LogP contribution in [0.4, 0.5) is 11.4 Å². The van der Waals surface area contributed by atoms with E-state index in [2.05, 4.69) is 28.9 Å². The van der Waals surface area contributed by atoms with Crippen molar-refractivity contribution in [3.05, 3.63) is 96.6 Å². The first-order valence-electron chi connectivity index (χ1n) is 12.9. The molecule has 1 amide bonds. The Morgan fingerprint density at radius 3 is 2.26 bits per heavy atom. The zero-order valence-electron chi connectivity index (χ0n) is 22.2. The minimum absolute atomic E-state index is 0.114. The molecule has 0 fully saturated rings. The van der Waals surface area contributed by atoms with E-state index in [4.69, 9.17) is 4.74 Å². The molecule has 1 heterocycles. The van der Waals surface area contributed by atoms with Gasteiger partial charge < -0.3 is 14.6 Å². The fourth-order valence-electron chi connectivity index (χ4n) is 4.83. The summed E-state index contributed by atoms with van der Waals surface area (Å²) in [6.07, 6.45) is 0. The van der Waals surface area contributed by atoms with Gasteiger partial charge in [-0.2, -0.15) is 0 Å². The van der Waals surface area contributed by atoms with Crippen LogP contribution >= 0.6 is 0 Å². The Hall–Kier alpha value is -4.30. The van der Waals surface area contributed by atoms with Crippen molar-refractivity contribution in [2.45, 2.75) is 32.2 Å². The summed E-state index contributed by atoms with van der Waals surface area (Å²) in [5.41, 5.74) is 4.12. The summed E-state index contributed by atoms with van der Waals surface area (Å²) in [6.45, 7) is 6.80. The number of rotatable bonds is 9. The van der Waals surface area contributed by atoms with Gasteiger partial charge in [-0.15, -0.1) is 0 Å². The SMILES string of the molecule is CCOc1ccc(N(CC(=O)Nc2ccc3c(c2)c2ccccc2n3CC)S(=O)(=O)c2ccc(C)cc2)cc1. The van der Waals surface area contributed by atoms with Gasteiger partial charge in [0.15, 0.2) is 0 Å². The molecule has 1 aromatic heterocycles. The summed E-state index contributed by atoms with van der Waals surface area (Å²) in [6, 6.07) is 27.2. The average Bonchev–Trinajstić information content (AvgIpc) is 3.25. The molecule has 0 bridgehead atoms. The Balaban J connectivity index is 1.47. The number of para-hydroxylation sites is 1. The molecule has 4 aromatic carbocycles. The highest BCUT2D eigenvalue weighted by atomic mass is 32.2. The molecule has 5 rings (SSSR count). The van der Waals surface area contributed by atoms with E-state index in [1.54, 1.807) is 48.5 Å². The van der Waals surface area contributed by atoms with Gasteiger partial charge in [0.1, 0.15) is 12.3 Å². The number of hydrogen-bond acceptors (Lipinski definition) is 4. The van der Waals surface area contributed by atoms with Gasteiger partial charge in [-0.05, 0) is 81.4 Å². The maximum absolute atomic E-state index is 13.7. The summed E-state index contributed by atoms with van der Waals surface area (Å²) < 4.78 is 36.3. The van der Waals surface area contributed by atoms with Crippen LogP contribution < -0.4 is 14.4 Å². The largest absolute Gasteiger partial charge is 0.494 e. The molecule has 7 nitrogen and oxygen atoms in total. The maximum Gasteiger partial charge on any atom is 0.264 e. The first-order valence-corrected chi connectivity index (χ1v) is 14.4. The monoisotopic (exact) mass is 541 g/mol. The predicted octanol–water partition coefficient (Wildman–Crippen LogP) is 6.36. The van der Waals surface area contributed by atoms with Crippen molar-refractivity contribution >= 4 is 49.1 Å². The fraction of sp³-hybridized carbons (Fsp3) is 0.194. The molecule has 0 atom stereocenters. The molecule has 5 aromatic rings. The van der Waals surface area contributed by atoms with E-state index in [0.717, 1.165) is 38.2 Å². The van der Waals surface area contributed by atoms with Crippen LogP contribution in [-0.2, 0) is 21.4 Å². The number of benzene rings is 4. The fourth-order valence-corrected chi connectivity index (χ4v) is 6.25. The van der Waals surface area contributed by atoms with Crippen molar-refractivity contribution < 1.29 is 17.9 Å². The molecule has 1 N–H and O–H groups in total. The Labute approximate surface area is 228 Å². The molecule has 0 saturated heterocycles. The smallest absolute Gasteiger partial charge is 0.264 e. The molecule has 0 aliphatic rings. The molecular weight excluding hydrogens is 510 g/mol. The van der Waals surface area contributed by atoms with E-state index in [1.165, 1.54) is 0 Å². The number of amides is 1. The molecule has 0 aliphatic carbocycles. The second-order valence-corrected chi connectivity index (χ2v) is 11.2. The first-order chi connectivity index (χ1) is 18.8. The van der Waals surface area contributed by atoms with Crippen molar-refractivity contribution in [3.8, 4) is 5.75 Å². The number of carbonyl (C=O) groups is 1. The lowest BCUT2D eigenvalue weighted by Crippen LogP contribution is -2.38. The molecule has 0 unspecified atom stereocenters. The number of sulfonamides is 1. The Morgan fingerprint density at radius 2 is 1.56 bits per heavy atom. The van der Waals surface area contributed by atoms with E-state index in [0.29, 0.717) is 23.7 Å². The zero-order valence-corrected chi connectivity index (χ0v) is 23.0. The van der Waals surface area contributed by atoms with Gasteiger partial charge in [0.2, 0.25) is 5.91 Å². The lowest BCUT2D eigenvalue weighted by Gasteiger charge is -2.24. The van der Waals surface area contributed by atoms with Crippen LogP contribution in [0.15, 0.2) is 95.9 Å². The molecular formula is C31H31N3O4S. The highest BCUT2D eigenvalue weighted by molar-refractivity contribution is 7.92. The van der Waals surface area contributed by atoms with Gasteiger partial charge in [-0.25, -0.2) is 8.42 Å². The number of nitrogens with one attached hydrogen (secondary N) is 1. The van der Waals surface area contributed by atoms with Crippen LogP contribution in [0.1, 0.15) is 19.4 Å². The molecule has 0 radical (unpaired) electrons. The second kappa shape index (κ2) is 10.8. The standard InChI is InChI=1S/C31H31N3O4S/c1-4-33-29-9-7-6-8-27(29)28-20-23(12-19-30(28)33)32-31(35)21-34(24-13-15-25(16-14-24)38-5-2)39(36,37)26-17-10-22(3)11-18-26/h6-20H,4-5,21H2,1-3H3,(H,32,35). The van der Waals surface area contributed by atoms with E-state index < -0.39 is 15.9 Å². The molecule has 0 spiro atoms. The van der Waals surface area contributed by atoms with Gasteiger partial charge in [-0.1, -0.05) is 35.9 Å². The quantitative estimate of drug-likeness (QED) is 0.236. The Kier molecular flexibility index (Phi) is 7.30. The van der Waals surface area contributed by atoms with Crippen molar-refractivity contribution in [1.82, 2.24) is 4.57 Å². The molecule has 8 heteroatoms. The lowest BCUT2D eigenvalue weighted by atomic mass is 10.1. The topological polar surface area (TPSA) is 80.6 Å². The van der Waals surface area contributed by atoms with Gasteiger partial charge in [-0.3, -0.25) is 9.10 Å². The third kappa shape index (κ3) is 5.20. The normalized spacial score (nSPS) is 11.6. The Bertz CT molecular complexity index is 1740. The lowest BCUT2D eigenvalue weighted by molar-refractivity contribution is -0.114. The van der Waals surface area contributed by atoms with Crippen LogP contribution in [0.3, 0.4) is 0 Å². The highest BCUT2D eigenvalue weighted by Gasteiger charge is 2.27. The van der Waals surface area contributed by atoms with Crippen LogP contribution in [0.2, 0.25) is 0 Å². The second-order valence-electron chi connectivity index (χ2n) is 9.29. The number of carbonyl (C=O) groups excluding carboxylic acids is 1. The molecule has 0 saturated carbocycles. The Morgan fingerprint density at radius 1 is 0.872 bits per heavy atom. The van der Waals surface area contributed by atoms with Crippen molar-refractivity contribution in [1.29, 1.82) is 0 Å². The number of aromatic nitrogens is 1. The molecule has 0 aliphatic heterocycles. The predicted molar refractivity (Wildman–Crippen MR) is 157 cm³/mol. The summed E-state index contributed by atoms with van der Waals surface area (Å²) in [4.78, 5) is 13.4. The third-order valence-electron chi connectivity index (χ3n) is 6.70. The number of ether oxygens (including phenoxy) is 1. The highest BCUT2D eigenvalue weighted by Crippen LogP contribution is 2.31. The van der Waals surface area contributed by atoms with Crippen molar-refractivity contribution in [3.63, 3.8) is 0 Å². The molecule has 39 heavy (non-hydrogen) atoms. The van der Waals surface area contributed by atoms with Gasteiger partial charge >= 0.3 is 0 Å². The summed E-state index contributed by atoms with van der Waals surface area (Å²) in [5, 5.41) is 5.04. The summed E-state index contributed by atoms with van der Waals surface area (Å²) in [5.74, 6) is 0.177. The van der Waals surface area contributed by atoms with Crippen molar-refractivity contribution in [2.24, 2.45) is 0 Å². The van der Waals surface area contributed by atoms with E-state index in [-0.39, 0.29) is 11.4 Å². The number of aryl methyl sites for hydroxylation is 2. The zero-order chi connectivity index (χ0) is 27.6. The van der Waals surface area contributed by atoms with Gasteiger partial charge in [0, 0.05) is 34.0 Å². The third-order valence-corrected chi connectivity index (χ3v) is 8.49. The summed E-state index contributed by atoms with van der Waals surface area (Å²) >= 11 is 0. The first kappa shape index (κ1) is 26.3. The van der Waals surface area contributed by atoms with Crippen molar-refractivity contribution in [2.75, 3.05) is 22.8 Å². The number of nitrogens with zero attached hydrogens (tertiary/aromatic N) is 2. The van der Waals surface area contributed by atoms with E-state index >= 15 is 0 Å². The number of fused-ring (bicyclic) bond motifs is 3. The average molecular weight is 542 g/mol. The van der Waals surface area contributed by atoms with Crippen LogP contribution in [0, 0.1) is 6.92 Å². The minimum Gasteiger partial charge on any atom is -0.494 e. The molecule has 200 valence electrons. The van der Waals surface area contributed by atoms with Crippen LogP contribution in [0.25, 0.3) is 21.8 Å². The van der Waals surface area contributed by atoms with E-state index in [9.17, 15) is 13.2 Å². The van der Waals surface area contributed by atoms with Gasteiger partial charge in [0.25, 0.3) is 10.0 Å². The number of hydrogen-bond donors (Lipinski definition) is 1. The minimum atomic E-state index is -4.02. The maximum atomic E-state index is 13.7.